The lowest BCUT2D eigenvalue weighted by molar-refractivity contribution is 0.615. The minimum absolute atomic E-state index is 0. The molecule has 0 bridgehead atoms. The van der Waals surface area contributed by atoms with Gasteiger partial charge in [-0.25, -0.2) is 14.4 Å². The van der Waals surface area contributed by atoms with Gasteiger partial charge in [0.1, 0.15) is 12.2 Å². The Morgan fingerprint density at radius 1 is 1.00 bits per heavy atom. The van der Waals surface area contributed by atoms with Crippen LogP contribution in [0.2, 0.25) is 0 Å². The maximum absolute atomic E-state index is 14.0. The maximum atomic E-state index is 14.0. The Kier molecular flexibility index (Phi) is 4.55. The molecule has 0 spiro atoms. The van der Waals surface area contributed by atoms with Crippen LogP contribution in [0.3, 0.4) is 0 Å². The summed E-state index contributed by atoms with van der Waals surface area (Å²) in [6, 6.07) is 16.0. The Morgan fingerprint density at radius 3 is 2.38 bits per heavy atom. The molecule has 3 rings (SSSR count). The van der Waals surface area contributed by atoms with Crippen LogP contribution in [0.1, 0.15) is 11.7 Å². The van der Waals surface area contributed by atoms with Gasteiger partial charge in [0, 0.05) is 0 Å². The molecule has 1 aliphatic heterocycles. The van der Waals surface area contributed by atoms with Crippen molar-refractivity contribution >= 4 is 30.4 Å². The molecule has 0 amide bonds. The number of benzene rings is 2. The fraction of sp³-hybridized carbons (Fsp3) is 0.0667. The topological polar surface area (TPSA) is 54.0 Å². The van der Waals surface area contributed by atoms with Gasteiger partial charge in [0.05, 0.1) is 5.69 Å². The van der Waals surface area contributed by atoms with Gasteiger partial charge in [0.25, 0.3) is 0 Å². The third-order valence-corrected chi connectivity index (χ3v) is 3.10. The summed E-state index contributed by atoms with van der Waals surface area (Å²) >= 11 is 0. The zero-order valence-electron chi connectivity index (χ0n) is 11.1. The number of rotatable bonds is 2. The molecule has 21 heavy (non-hydrogen) atoms. The van der Waals surface area contributed by atoms with Gasteiger partial charge in [0.15, 0.2) is 6.17 Å². The summed E-state index contributed by atoms with van der Waals surface area (Å²) < 4.78 is 14.0. The quantitative estimate of drug-likeness (QED) is 0.927. The Hall–Kier alpha value is -2.40. The number of guanidine groups is 1. The number of halogens is 2. The summed E-state index contributed by atoms with van der Waals surface area (Å²) in [4.78, 5) is 9.87. The number of hydrogen-bond donors (Lipinski definition) is 1. The molecule has 2 aromatic carbocycles. The minimum atomic E-state index is -0.411. The van der Waals surface area contributed by atoms with Crippen molar-refractivity contribution < 1.29 is 4.39 Å². The minimum Gasteiger partial charge on any atom is -0.369 e. The molecule has 0 aliphatic carbocycles. The average molecular weight is 305 g/mol. The average Bonchev–Trinajstić information content (AvgIpc) is 2.49. The SMILES string of the molecule is Cl.NC1=NC=NC(c2ccccc2)N1c1ccccc1F. The van der Waals surface area contributed by atoms with Gasteiger partial charge in [-0.1, -0.05) is 42.5 Å². The van der Waals surface area contributed by atoms with Crippen LogP contribution in [0.25, 0.3) is 0 Å². The fourth-order valence-corrected chi connectivity index (χ4v) is 2.17. The van der Waals surface area contributed by atoms with Crippen LogP contribution in [-0.2, 0) is 0 Å². The second-order valence-corrected chi connectivity index (χ2v) is 4.36. The van der Waals surface area contributed by atoms with Gasteiger partial charge in [-0.3, -0.25) is 4.90 Å². The molecule has 1 aliphatic rings. The van der Waals surface area contributed by atoms with Crippen molar-refractivity contribution in [2.24, 2.45) is 15.7 Å². The van der Waals surface area contributed by atoms with E-state index < -0.39 is 6.17 Å². The molecular weight excluding hydrogens is 291 g/mol. The number of aliphatic imine (C=N–C) groups is 2. The van der Waals surface area contributed by atoms with Crippen molar-refractivity contribution in [3.8, 4) is 0 Å². The van der Waals surface area contributed by atoms with Gasteiger partial charge in [-0.2, -0.15) is 0 Å². The predicted molar refractivity (Wildman–Crippen MR) is 85.4 cm³/mol. The van der Waals surface area contributed by atoms with Crippen molar-refractivity contribution in [3.05, 3.63) is 66.0 Å². The lowest BCUT2D eigenvalue weighted by atomic mass is 10.1. The Bertz CT molecular complexity index is 672. The smallest absolute Gasteiger partial charge is 0.204 e. The van der Waals surface area contributed by atoms with Crippen molar-refractivity contribution in [3.63, 3.8) is 0 Å². The molecule has 0 saturated heterocycles. The Morgan fingerprint density at radius 2 is 1.67 bits per heavy atom. The summed E-state index contributed by atoms with van der Waals surface area (Å²) in [5, 5.41) is 0. The standard InChI is InChI=1S/C15H13FN4.ClH/c16-12-8-4-5-9-13(12)20-14(18-10-19-15(20)17)11-6-2-1-3-7-11;/h1-10,14H,(H2,17,18,19);1H. The lowest BCUT2D eigenvalue weighted by Crippen LogP contribution is -2.42. The summed E-state index contributed by atoms with van der Waals surface area (Å²) in [7, 11) is 0. The van der Waals surface area contributed by atoms with E-state index in [0.717, 1.165) is 5.56 Å². The Balaban J connectivity index is 0.00000161. The van der Waals surface area contributed by atoms with E-state index in [1.165, 1.54) is 12.4 Å². The van der Waals surface area contributed by atoms with E-state index in [9.17, 15) is 4.39 Å². The molecule has 4 nitrogen and oxygen atoms in total. The third-order valence-electron chi connectivity index (χ3n) is 3.10. The van der Waals surface area contributed by atoms with Crippen LogP contribution < -0.4 is 10.6 Å². The van der Waals surface area contributed by atoms with Crippen molar-refractivity contribution in [2.45, 2.75) is 6.17 Å². The molecule has 0 aromatic heterocycles. The van der Waals surface area contributed by atoms with E-state index in [1.54, 1.807) is 23.1 Å². The van der Waals surface area contributed by atoms with Gasteiger partial charge < -0.3 is 5.73 Å². The highest BCUT2D eigenvalue weighted by Crippen LogP contribution is 2.31. The fourth-order valence-electron chi connectivity index (χ4n) is 2.17. The molecule has 0 radical (unpaired) electrons. The summed E-state index contributed by atoms with van der Waals surface area (Å²) in [6.07, 6.45) is 0.996. The van der Waals surface area contributed by atoms with E-state index in [1.807, 2.05) is 30.3 Å². The number of nitrogens with two attached hydrogens (primary N) is 1. The Labute approximate surface area is 128 Å². The first kappa shape index (κ1) is 15.0. The van der Waals surface area contributed by atoms with E-state index in [-0.39, 0.29) is 24.2 Å². The molecule has 0 saturated carbocycles. The zero-order chi connectivity index (χ0) is 13.9. The normalized spacial score (nSPS) is 17.1. The molecule has 1 atom stereocenters. The molecule has 0 fully saturated rings. The van der Waals surface area contributed by atoms with Crippen LogP contribution in [0, 0.1) is 5.82 Å². The number of nitrogens with zero attached hydrogens (tertiary/aromatic N) is 3. The van der Waals surface area contributed by atoms with E-state index in [0.29, 0.717) is 5.69 Å². The highest BCUT2D eigenvalue weighted by Gasteiger charge is 2.27. The summed E-state index contributed by atoms with van der Waals surface area (Å²) in [5.41, 5.74) is 7.21. The van der Waals surface area contributed by atoms with Crippen LogP contribution >= 0.6 is 12.4 Å². The zero-order valence-corrected chi connectivity index (χ0v) is 11.9. The molecule has 2 N–H and O–H groups in total. The summed E-state index contributed by atoms with van der Waals surface area (Å²) in [5.74, 6) is -0.136. The molecular formula is C15H14ClFN4. The first-order valence-electron chi connectivity index (χ1n) is 6.21. The van der Waals surface area contributed by atoms with Gasteiger partial charge in [-0.05, 0) is 17.7 Å². The number of anilines is 1. The first-order chi connectivity index (χ1) is 9.77. The van der Waals surface area contributed by atoms with E-state index in [4.69, 9.17) is 5.73 Å². The highest BCUT2D eigenvalue weighted by molar-refractivity contribution is 6.01. The number of para-hydroxylation sites is 1. The van der Waals surface area contributed by atoms with Crippen LogP contribution in [0.15, 0.2) is 64.6 Å². The molecule has 6 heteroatoms. The van der Waals surface area contributed by atoms with Gasteiger partial charge >= 0.3 is 0 Å². The highest BCUT2D eigenvalue weighted by atomic mass is 35.5. The largest absolute Gasteiger partial charge is 0.369 e. The first-order valence-corrected chi connectivity index (χ1v) is 6.21. The van der Waals surface area contributed by atoms with Crippen LogP contribution in [0.5, 0.6) is 0 Å². The van der Waals surface area contributed by atoms with Crippen LogP contribution in [-0.4, -0.2) is 12.3 Å². The van der Waals surface area contributed by atoms with E-state index in [2.05, 4.69) is 9.98 Å². The monoisotopic (exact) mass is 304 g/mol. The molecule has 1 heterocycles. The summed E-state index contributed by atoms with van der Waals surface area (Å²) in [6.45, 7) is 0. The van der Waals surface area contributed by atoms with Crippen LogP contribution in [0.4, 0.5) is 10.1 Å². The molecule has 1 unspecified atom stereocenters. The number of hydrogen-bond acceptors (Lipinski definition) is 4. The molecule has 108 valence electrons. The second kappa shape index (κ2) is 6.37. The van der Waals surface area contributed by atoms with E-state index >= 15 is 0 Å². The predicted octanol–water partition coefficient (Wildman–Crippen LogP) is 3.11. The van der Waals surface area contributed by atoms with Gasteiger partial charge in [-0.15, -0.1) is 12.4 Å². The lowest BCUT2D eigenvalue weighted by Gasteiger charge is -2.32. The van der Waals surface area contributed by atoms with Crippen molar-refractivity contribution in [1.29, 1.82) is 0 Å². The van der Waals surface area contributed by atoms with Crippen molar-refractivity contribution in [1.82, 2.24) is 0 Å². The van der Waals surface area contributed by atoms with Gasteiger partial charge in [0.2, 0.25) is 5.96 Å². The third kappa shape index (κ3) is 2.87. The van der Waals surface area contributed by atoms with Crippen molar-refractivity contribution in [2.75, 3.05) is 4.90 Å². The molecule has 2 aromatic rings. The maximum Gasteiger partial charge on any atom is 0.204 e. The second-order valence-electron chi connectivity index (χ2n) is 4.36.